The van der Waals surface area contributed by atoms with E-state index >= 15 is 0 Å². The number of nitrogens with two attached hydrogens (primary N) is 1. The third-order valence-corrected chi connectivity index (χ3v) is 4.29. The highest BCUT2D eigenvalue weighted by Gasteiger charge is 2.23. The van der Waals surface area contributed by atoms with Gasteiger partial charge in [-0.25, -0.2) is 4.98 Å². The Morgan fingerprint density at radius 1 is 1.44 bits per heavy atom. The number of hydrogen-bond donors (Lipinski definition) is 2. The average molecular weight is 237 g/mol. The van der Waals surface area contributed by atoms with Crippen molar-refractivity contribution in [2.75, 3.05) is 17.3 Å². The topological polar surface area (TPSA) is 50.9 Å². The standard InChI is InChI=1S/C12H19N3S/c1-8-11(13)5-6-12(14-8)15-9-3-4-10(7-9)16-2/h5-6,9-10H,3-4,7,13H2,1-2H3,(H,14,15). The zero-order valence-corrected chi connectivity index (χ0v) is 10.7. The molecule has 1 aromatic rings. The maximum atomic E-state index is 5.75. The molecule has 3 nitrogen and oxygen atoms in total. The number of hydrogen-bond acceptors (Lipinski definition) is 4. The predicted molar refractivity (Wildman–Crippen MR) is 72.0 cm³/mol. The Morgan fingerprint density at radius 3 is 2.88 bits per heavy atom. The molecule has 0 aromatic carbocycles. The molecule has 2 unspecified atom stereocenters. The predicted octanol–water partition coefficient (Wildman–Crippen LogP) is 2.67. The number of nitrogen functional groups attached to an aromatic ring is 1. The van der Waals surface area contributed by atoms with Crippen LogP contribution in [-0.2, 0) is 0 Å². The number of thioether (sulfide) groups is 1. The van der Waals surface area contributed by atoms with Crippen LogP contribution in [0.5, 0.6) is 0 Å². The molecular weight excluding hydrogens is 218 g/mol. The van der Waals surface area contributed by atoms with E-state index in [0.717, 1.165) is 22.4 Å². The SMILES string of the molecule is CSC1CCC(Nc2ccc(N)c(C)n2)C1. The summed E-state index contributed by atoms with van der Waals surface area (Å²) in [6.07, 6.45) is 5.99. The van der Waals surface area contributed by atoms with Crippen LogP contribution in [0.1, 0.15) is 25.0 Å². The van der Waals surface area contributed by atoms with Crippen LogP contribution < -0.4 is 11.1 Å². The molecule has 1 saturated carbocycles. The van der Waals surface area contributed by atoms with Gasteiger partial charge in [0.05, 0.1) is 11.4 Å². The molecule has 2 atom stereocenters. The molecule has 0 amide bonds. The Bertz CT molecular complexity index is 367. The first-order valence-electron chi connectivity index (χ1n) is 5.71. The highest BCUT2D eigenvalue weighted by Crippen LogP contribution is 2.30. The molecule has 0 bridgehead atoms. The zero-order valence-electron chi connectivity index (χ0n) is 9.86. The van der Waals surface area contributed by atoms with Gasteiger partial charge in [0, 0.05) is 11.3 Å². The van der Waals surface area contributed by atoms with Gasteiger partial charge in [-0.15, -0.1) is 0 Å². The summed E-state index contributed by atoms with van der Waals surface area (Å²) in [6.45, 7) is 1.94. The smallest absolute Gasteiger partial charge is 0.126 e. The summed E-state index contributed by atoms with van der Waals surface area (Å²) in [6, 6.07) is 4.47. The molecule has 3 N–H and O–H groups in total. The van der Waals surface area contributed by atoms with Gasteiger partial charge in [-0.1, -0.05) is 0 Å². The summed E-state index contributed by atoms with van der Waals surface area (Å²) in [4.78, 5) is 4.44. The van der Waals surface area contributed by atoms with E-state index in [1.807, 2.05) is 30.8 Å². The second kappa shape index (κ2) is 4.95. The first-order chi connectivity index (χ1) is 7.69. The summed E-state index contributed by atoms with van der Waals surface area (Å²) in [7, 11) is 0. The number of nitrogens with zero attached hydrogens (tertiary/aromatic N) is 1. The van der Waals surface area contributed by atoms with E-state index in [0.29, 0.717) is 6.04 Å². The van der Waals surface area contributed by atoms with E-state index in [2.05, 4.69) is 16.6 Å². The Labute approximate surface area is 101 Å². The lowest BCUT2D eigenvalue weighted by Crippen LogP contribution is -2.17. The second-order valence-electron chi connectivity index (χ2n) is 4.38. The molecule has 1 aliphatic rings. The van der Waals surface area contributed by atoms with Crippen LogP contribution in [0, 0.1) is 6.92 Å². The summed E-state index contributed by atoms with van der Waals surface area (Å²) in [5.74, 6) is 0.957. The van der Waals surface area contributed by atoms with Crippen LogP contribution >= 0.6 is 11.8 Å². The van der Waals surface area contributed by atoms with Crippen molar-refractivity contribution in [3.05, 3.63) is 17.8 Å². The highest BCUT2D eigenvalue weighted by molar-refractivity contribution is 7.99. The molecule has 0 spiro atoms. The van der Waals surface area contributed by atoms with Gasteiger partial charge in [0.1, 0.15) is 5.82 Å². The van der Waals surface area contributed by atoms with Gasteiger partial charge in [0.25, 0.3) is 0 Å². The molecule has 4 heteroatoms. The maximum absolute atomic E-state index is 5.75. The molecule has 1 aromatic heterocycles. The molecule has 88 valence electrons. The number of aromatic nitrogens is 1. The van der Waals surface area contributed by atoms with E-state index in [1.165, 1.54) is 19.3 Å². The van der Waals surface area contributed by atoms with Gasteiger partial charge in [0.15, 0.2) is 0 Å². The van der Waals surface area contributed by atoms with Crippen LogP contribution in [0.25, 0.3) is 0 Å². The largest absolute Gasteiger partial charge is 0.397 e. The maximum Gasteiger partial charge on any atom is 0.126 e. The fraction of sp³-hybridized carbons (Fsp3) is 0.583. The van der Waals surface area contributed by atoms with Crippen molar-refractivity contribution in [2.24, 2.45) is 0 Å². The lowest BCUT2D eigenvalue weighted by Gasteiger charge is -2.14. The third kappa shape index (κ3) is 2.61. The third-order valence-electron chi connectivity index (χ3n) is 3.20. The zero-order chi connectivity index (χ0) is 11.5. The molecule has 0 saturated heterocycles. The van der Waals surface area contributed by atoms with Crippen molar-refractivity contribution >= 4 is 23.3 Å². The van der Waals surface area contributed by atoms with Crippen LogP contribution in [-0.4, -0.2) is 22.5 Å². The number of pyridine rings is 1. The lowest BCUT2D eigenvalue weighted by atomic mass is 10.2. The minimum absolute atomic E-state index is 0.577. The number of aryl methyl sites for hydroxylation is 1. The van der Waals surface area contributed by atoms with E-state index in [9.17, 15) is 0 Å². The second-order valence-corrected chi connectivity index (χ2v) is 5.52. The quantitative estimate of drug-likeness (QED) is 0.848. The monoisotopic (exact) mass is 237 g/mol. The van der Waals surface area contributed by atoms with Crippen molar-refractivity contribution in [1.29, 1.82) is 0 Å². The van der Waals surface area contributed by atoms with Crippen molar-refractivity contribution in [1.82, 2.24) is 4.98 Å². The van der Waals surface area contributed by atoms with Crippen LogP contribution in [0.2, 0.25) is 0 Å². The molecule has 2 rings (SSSR count). The summed E-state index contributed by atoms with van der Waals surface area (Å²) < 4.78 is 0. The van der Waals surface area contributed by atoms with E-state index in [1.54, 1.807) is 0 Å². The minimum atomic E-state index is 0.577. The Hall–Kier alpha value is -0.900. The molecule has 0 aliphatic heterocycles. The average Bonchev–Trinajstić information content (AvgIpc) is 2.71. The van der Waals surface area contributed by atoms with Gasteiger partial charge < -0.3 is 11.1 Å². The van der Waals surface area contributed by atoms with Crippen LogP contribution in [0.3, 0.4) is 0 Å². The first-order valence-corrected chi connectivity index (χ1v) is 7.00. The molecular formula is C12H19N3S. The summed E-state index contributed by atoms with van der Waals surface area (Å²) in [5, 5.41) is 4.31. The molecule has 0 radical (unpaired) electrons. The van der Waals surface area contributed by atoms with Crippen LogP contribution in [0.15, 0.2) is 12.1 Å². The normalized spacial score (nSPS) is 24.6. The Kier molecular flexibility index (Phi) is 3.59. The van der Waals surface area contributed by atoms with Gasteiger partial charge in [0.2, 0.25) is 0 Å². The molecule has 1 fully saturated rings. The van der Waals surface area contributed by atoms with E-state index < -0.39 is 0 Å². The van der Waals surface area contributed by atoms with Gasteiger partial charge in [-0.3, -0.25) is 0 Å². The fourth-order valence-corrected chi connectivity index (χ4v) is 2.94. The van der Waals surface area contributed by atoms with Crippen molar-refractivity contribution in [3.8, 4) is 0 Å². The van der Waals surface area contributed by atoms with Crippen molar-refractivity contribution < 1.29 is 0 Å². The molecule has 1 heterocycles. The number of anilines is 2. The minimum Gasteiger partial charge on any atom is -0.397 e. The first kappa shape index (κ1) is 11.6. The summed E-state index contributed by atoms with van der Waals surface area (Å²) in [5.41, 5.74) is 7.42. The van der Waals surface area contributed by atoms with Crippen molar-refractivity contribution in [2.45, 2.75) is 37.5 Å². The van der Waals surface area contributed by atoms with Gasteiger partial charge in [-0.05, 0) is 44.6 Å². The lowest BCUT2D eigenvalue weighted by molar-refractivity contribution is 0.751. The van der Waals surface area contributed by atoms with E-state index in [-0.39, 0.29) is 0 Å². The molecule has 1 aliphatic carbocycles. The van der Waals surface area contributed by atoms with Crippen LogP contribution in [0.4, 0.5) is 11.5 Å². The Balaban J connectivity index is 1.97. The fourth-order valence-electron chi connectivity index (χ4n) is 2.15. The Morgan fingerprint density at radius 2 is 2.25 bits per heavy atom. The van der Waals surface area contributed by atoms with Gasteiger partial charge in [-0.2, -0.15) is 11.8 Å². The van der Waals surface area contributed by atoms with E-state index in [4.69, 9.17) is 5.73 Å². The summed E-state index contributed by atoms with van der Waals surface area (Å²) >= 11 is 1.97. The number of nitrogens with one attached hydrogen (secondary N) is 1. The van der Waals surface area contributed by atoms with Crippen molar-refractivity contribution in [3.63, 3.8) is 0 Å². The highest BCUT2D eigenvalue weighted by atomic mass is 32.2. The molecule has 16 heavy (non-hydrogen) atoms. The number of rotatable bonds is 3. The van der Waals surface area contributed by atoms with Gasteiger partial charge >= 0.3 is 0 Å².